The summed E-state index contributed by atoms with van der Waals surface area (Å²) in [5, 5.41) is 0. The van der Waals surface area contributed by atoms with Crippen LogP contribution in [-0.4, -0.2) is 45.7 Å². The largest absolute Gasteiger partial charge is 0.378 e. The number of aryl methyl sites for hydroxylation is 1. The van der Waals surface area contributed by atoms with Crippen LogP contribution in [0.15, 0.2) is 30.7 Å². The van der Waals surface area contributed by atoms with E-state index in [0.717, 1.165) is 54.7 Å². The Kier molecular flexibility index (Phi) is 4.72. The van der Waals surface area contributed by atoms with Crippen molar-refractivity contribution in [3.8, 4) is 11.3 Å². The third kappa shape index (κ3) is 3.15. The average Bonchev–Trinajstić information content (AvgIpc) is 3.11. The summed E-state index contributed by atoms with van der Waals surface area (Å²) in [6.45, 7) is 5.25. The molecule has 3 aromatic heterocycles. The highest BCUT2D eigenvalue weighted by Gasteiger charge is 2.21. The number of rotatable bonds is 3. The second-order valence-corrected chi connectivity index (χ2v) is 7.90. The van der Waals surface area contributed by atoms with Gasteiger partial charge in [-0.3, -0.25) is 9.38 Å². The number of ether oxygens (including phenoxy) is 1. The Morgan fingerprint density at radius 2 is 1.86 bits per heavy atom. The molecule has 2 aliphatic rings. The van der Waals surface area contributed by atoms with Crippen LogP contribution in [0.4, 0.5) is 5.82 Å². The Labute approximate surface area is 165 Å². The molecule has 1 aliphatic carbocycles. The van der Waals surface area contributed by atoms with Crippen molar-refractivity contribution in [3.63, 3.8) is 0 Å². The smallest absolute Gasteiger partial charge is 0.181 e. The van der Waals surface area contributed by atoms with Crippen LogP contribution in [0, 0.1) is 6.92 Å². The number of nitrogens with zero attached hydrogens (tertiary/aromatic N) is 5. The van der Waals surface area contributed by atoms with Crippen LogP contribution in [-0.2, 0) is 4.74 Å². The quantitative estimate of drug-likeness (QED) is 0.691. The van der Waals surface area contributed by atoms with E-state index >= 15 is 0 Å². The van der Waals surface area contributed by atoms with Gasteiger partial charge in [0.2, 0.25) is 0 Å². The predicted octanol–water partition coefficient (Wildman–Crippen LogP) is 3.98. The Hall–Kier alpha value is -2.47. The number of anilines is 1. The van der Waals surface area contributed by atoms with Gasteiger partial charge >= 0.3 is 0 Å². The van der Waals surface area contributed by atoms with Crippen LogP contribution in [0.25, 0.3) is 16.9 Å². The second kappa shape index (κ2) is 7.51. The van der Waals surface area contributed by atoms with Crippen molar-refractivity contribution < 1.29 is 4.74 Å². The number of hydrogen-bond donors (Lipinski definition) is 0. The molecule has 28 heavy (non-hydrogen) atoms. The molecule has 0 amide bonds. The number of morpholine rings is 1. The third-order valence-corrected chi connectivity index (χ3v) is 6.09. The summed E-state index contributed by atoms with van der Waals surface area (Å²) in [7, 11) is 0. The van der Waals surface area contributed by atoms with E-state index in [2.05, 4.69) is 33.3 Å². The summed E-state index contributed by atoms with van der Waals surface area (Å²) in [5.74, 6) is 1.56. The topological polar surface area (TPSA) is 55.5 Å². The van der Waals surface area contributed by atoms with Crippen molar-refractivity contribution in [1.29, 1.82) is 0 Å². The fraction of sp³-hybridized carbons (Fsp3) is 0.500. The van der Waals surface area contributed by atoms with Gasteiger partial charge in [-0.15, -0.1) is 0 Å². The van der Waals surface area contributed by atoms with Crippen molar-refractivity contribution in [3.05, 3.63) is 42.1 Å². The molecular formula is C22H27N5O. The minimum Gasteiger partial charge on any atom is -0.378 e. The zero-order chi connectivity index (χ0) is 18.9. The van der Waals surface area contributed by atoms with Crippen molar-refractivity contribution in [2.75, 3.05) is 31.2 Å². The maximum absolute atomic E-state index is 5.49. The van der Waals surface area contributed by atoms with Gasteiger partial charge in [0.1, 0.15) is 0 Å². The fourth-order valence-electron chi connectivity index (χ4n) is 4.61. The lowest BCUT2D eigenvalue weighted by Gasteiger charge is -2.27. The Bertz CT molecular complexity index is 953. The second-order valence-electron chi connectivity index (χ2n) is 7.90. The minimum absolute atomic E-state index is 0.628. The highest BCUT2D eigenvalue weighted by atomic mass is 16.5. The lowest BCUT2D eigenvalue weighted by atomic mass is 9.86. The summed E-state index contributed by atoms with van der Waals surface area (Å²) < 4.78 is 7.64. The molecular weight excluding hydrogens is 350 g/mol. The first-order chi connectivity index (χ1) is 13.8. The van der Waals surface area contributed by atoms with Gasteiger partial charge in [-0.1, -0.05) is 19.3 Å². The van der Waals surface area contributed by atoms with Crippen LogP contribution in [0.3, 0.4) is 0 Å². The van der Waals surface area contributed by atoms with E-state index in [-0.39, 0.29) is 0 Å². The first kappa shape index (κ1) is 17.6. The maximum atomic E-state index is 5.49. The van der Waals surface area contributed by atoms with Gasteiger partial charge in [-0.25, -0.2) is 9.97 Å². The normalized spacial score (nSPS) is 18.7. The number of aromatic nitrogens is 4. The van der Waals surface area contributed by atoms with Gasteiger partial charge in [-0.2, -0.15) is 0 Å². The molecule has 146 valence electrons. The molecule has 1 saturated heterocycles. The molecule has 0 atom stereocenters. The Morgan fingerprint density at radius 3 is 2.61 bits per heavy atom. The predicted molar refractivity (Wildman–Crippen MR) is 110 cm³/mol. The molecule has 0 bridgehead atoms. The molecule has 5 rings (SSSR count). The van der Waals surface area contributed by atoms with Crippen molar-refractivity contribution in [1.82, 2.24) is 19.4 Å². The number of hydrogen-bond acceptors (Lipinski definition) is 5. The molecule has 4 heterocycles. The van der Waals surface area contributed by atoms with Gasteiger partial charge in [0.05, 0.1) is 24.6 Å². The molecule has 0 aromatic carbocycles. The molecule has 6 heteroatoms. The molecule has 3 aromatic rings. The standard InChI is InChI=1S/C22H27N5O/c1-16-20(18-7-8-19(24-15-18)17-5-3-2-4-6-17)27-10-9-23-21(22(27)25-16)26-11-13-28-14-12-26/h7-10,15,17H,2-6,11-14H2,1H3. The number of pyridine rings is 1. The van der Waals surface area contributed by atoms with E-state index in [1.807, 2.05) is 18.6 Å². The summed E-state index contributed by atoms with van der Waals surface area (Å²) in [6, 6.07) is 4.43. The van der Waals surface area contributed by atoms with Gasteiger partial charge in [0.15, 0.2) is 11.5 Å². The Morgan fingerprint density at radius 1 is 1.04 bits per heavy atom. The molecule has 1 saturated carbocycles. The molecule has 0 spiro atoms. The number of imidazole rings is 1. The molecule has 0 unspecified atom stereocenters. The molecule has 1 aliphatic heterocycles. The van der Waals surface area contributed by atoms with Crippen LogP contribution in [0.2, 0.25) is 0 Å². The lowest BCUT2D eigenvalue weighted by molar-refractivity contribution is 0.122. The third-order valence-electron chi connectivity index (χ3n) is 6.09. The zero-order valence-electron chi connectivity index (χ0n) is 16.5. The van der Waals surface area contributed by atoms with Gasteiger partial charge in [0.25, 0.3) is 0 Å². The van der Waals surface area contributed by atoms with Crippen molar-refractivity contribution >= 4 is 11.5 Å². The SMILES string of the molecule is Cc1nc2c(N3CCOCC3)nccn2c1-c1ccc(C2CCCCC2)nc1. The average molecular weight is 377 g/mol. The molecule has 0 radical (unpaired) electrons. The van der Waals surface area contributed by atoms with Crippen LogP contribution in [0.1, 0.15) is 49.4 Å². The summed E-state index contributed by atoms with van der Waals surface area (Å²) in [5.41, 5.74) is 5.38. The highest BCUT2D eigenvalue weighted by Crippen LogP contribution is 2.33. The van der Waals surface area contributed by atoms with E-state index in [0.29, 0.717) is 5.92 Å². The van der Waals surface area contributed by atoms with E-state index in [1.165, 1.54) is 37.8 Å². The molecule has 6 nitrogen and oxygen atoms in total. The maximum Gasteiger partial charge on any atom is 0.181 e. The number of fused-ring (bicyclic) bond motifs is 1. The first-order valence-electron chi connectivity index (χ1n) is 10.4. The van der Waals surface area contributed by atoms with Crippen LogP contribution < -0.4 is 4.90 Å². The first-order valence-corrected chi connectivity index (χ1v) is 10.4. The lowest BCUT2D eigenvalue weighted by Crippen LogP contribution is -2.37. The highest BCUT2D eigenvalue weighted by molar-refractivity contribution is 5.73. The van der Waals surface area contributed by atoms with Crippen molar-refractivity contribution in [2.24, 2.45) is 0 Å². The van der Waals surface area contributed by atoms with E-state index < -0.39 is 0 Å². The van der Waals surface area contributed by atoms with Crippen LogP contribution in [0.5, 0.6) is 0 Å². The van der Waals surface area contributed by atoms with E-state index in [9.17, 15) is 0 Å². The summed E-state index contributed by atoms with van der Waals surface area (Å²) in [4.78, 5) is 16.6. The monoisotopic (exact) mass is 377 g/mol. The summed E-state index contributed by atoms with van der Waals surface area (Å²) >= 11 is 0. The van der Waals surface area contributed by atoms with Crippen LogP contribution >= 0.6 is 0 Å². The van der Waals surface area contributed by atoms with Gasteiger partial charge in [0, 0.05) is 48.9 Å². The van der Waals surface area contributed by atoms with Gasteiger partial charge in [-0.05, 0) is 31.9 Å². The van der Waals surface area contributed by atoms with E-state index in [1.54, 1.807) is 0 Å². The van der Waals surface area contributed by atoms with Gasteiger partial charge < -0.3 is 9.64 Å². The van der Waals surface area contributed by atoms with E-state index in [4.69, 9.17) is 14.7 Å². The zero-order valence-corrected chi connectivity index (χ0v) is 16.5. The molecule has 2 fully saturated rings. The van der Waals surface area contributed by atoms with Crippen molar-refractivity contribution in [2.45, 2.75) is 44.9 Å². The fourth-order valence-corrected chi connectivity index (χ4v) is 4.61. The molecule has 0 N–H and O–H groups in total. The summed E-state index contributed by atoms with van der Waals surface area (Å²) in [6.07, 6.45) is 12.5. The Balaban J connectivity index is 1.51. The minimum atomic E-state index is 0.628.